The smallest absolute Gasteiger partial charge is 0.306 e. The molecule has 0 spiro atoms. The van der Waals surface area contributed by atoms with E-state index in [2.05, 4.69) is 15.3 Å². The number of aryl methyl sites for hydroxylation is 1. The predicted octanol–water partition coefficient (Wildman–Crippen LogP) is 3.53. The Bertz CT molecular complexity index is 716. The van der Waals surface area contributed by atoms with Crippen LogP contribution in [0.25, 0.3) is 0 Å². The zero-order valence-corrected chi connectivity index (χ0v) is 14.4. The Morgan fingerprint density at radius 2 is 1.88 bits per heavy atom. The largest absolute Gasteiger partial charge is 0.466 e. The Morgan fingerprint density at radius 1 is 1.17 bits per heavy atom. The number of halogens is 2. The molecule has 0 saturated heterocycles. The van der Waals surface area contributed by atoms with Gasteiger partial charge in [0.05, 0.1) is 40.5 Å². The van der Waals surface area contributed by atoms with Crippen molar-refractivity contribution in [3.05, 3.63) is 52.0 Å². The molecule has 0 aliphatic heterocycles. The fourth-order valence-corrected chi connectivity index (χ4v) is 2.47. The summed E-state index contributed by atoms with van der Waals surface area (Å²) in [5.74, 6) is -0.716. The summed E-state index contributed by atoms with van der Waals surface area (Å²) in [6, 6.07) is 3.42. The van der Waals surface area contributed by atoms with E-state index >= 15 is 0 Å². The summed E-state index contributed by atoms with van der Waals surface area (Å²) in [4.78, 5) is 31.5. The number of carbonyl (C=O) groups excluding carboxylic acids is 2. The van der Waals surface area contributed by atoms with Gasteiger partial charge in [0.25, 0.3) is 5.91 Å². The third kappa shape index (κ3) is 4.91. The van der Waals surface area contributed by atoms with Crippen LogP contribution in [0.1, 0.15) is 29.4 Å². The van der Waals surface area contributed by atoms with Gasteiger partial charge in [-0.15, -0.1) is 0 Å². The second kappa shape index (κ2) is 8.61. The number of anilines is 1. The van der Waals surface area contributed by atoms with Crippen molar-refractivity contribution in [2.24, 2.45) is 0 Å². The van der Waals surface area contributed by atoms with Crippen molar-refractivity contribution in [3.63, 3.8) is 0 Å². The van der Waals surface area contributed by atoms with Gasteiger partial charge >= 0.3 is 5.97 Å². The number of rotatable bonds is 6. The van der Waals surface area contributed by atoms with E-state index < -0.39 is 5.91 Å². The van der Waals surface area contributed by atoms with Gasteiger partial charge in [-0.2, -0.15) is 0 Å². The molecule has 126 valence electrons. The number of nitrogens with one attached hydrogen (secondary N) is 1. The fraction of sp³-hybridized carbons (Fsp3) is 0.250. The molecule has 0 fully saturated rings. The summed E-state index contributed by atoms with van der Waals surface area (Å²) >= 11 is 11.9. The van der Waals surface area contributed by atoms with Crippen molar-refractivity contribution >= 4 is 40.8 Å². The highest BCUT2D eigenvalue weighted by molar-refractivity contribution is 6.40. The number of hydrogen-bond acceptors (Lipinski definition) is 5. The number of aromatic nitrogens is 2. The van der Waals surface area contributed by atoms with Gasteiger partial charge in [0.1, 0.15) is 0 Å². The van der Waals surface area contributed by atoms with Gasteiger partial charge in [-0.05, 0) is 19.1 Å². The maximum atomic E-state index is 12.2. The zero-order chi connectivity index (χ0) is 17.5. The van der Waals surface area contributed by atoms with E-state index in [1.807, 2.05) is 0 Å². The number of nitrogens with zero attached hydrogens (tertiary/aromatic N) is 2. The van der Waals surface area contributed by atoms with Gasteiger partial charge in [0.15, 0.2) is 0 Å². The van der Waals surface area contributed by atoms with Crippen molar-refractivity contribution in [1.82, 2.24) is 9.97 Å². The first-order chi connectivity index (χ1) is 11.5. The molecule has 1 amide bonds. The lowest BCUT2D eigenvalue weighted by molar-refractivity contribution is -0.143. The Kier molecular flexibility index (Phi) is 6.52. The van der Waals surface area contributed by atoms with E-state index in [0.29, 0.717) is 18.7 Å². The minimum atomic E-state index is -0.450. The average molecular weight is 368 g/mol. The number of hydrogen-bond donors (Lipinski definition) is 1. The molecule has 0 unspecified atom stereocenters. The minimum Gasteiger partial charge on any atom is -0.466 e. The molecular weight excluding hydrogens is 353 g/mol. The number of ether oxygens (including phenoxy) is 1. The highest BCUT2D eigenvalue weighted by Crippen LogP contribution is 2.23. The average Bonchev–Trinajstić information content (AvgIpc) is 2.54. The first-order valence-corrected chi connectivity index (χ1v) is 7.97. The summed E-state index contributed by atoms with van der Waals surface area (Å²) in [5, 5.41) is 2.99. The van der Waals surface area contributed by atoms with Crippen LogP contribution in [-0.4, -0.2) is 28.5 Å². The molecule has 1 N–H and O–H groups in total. The molecule has 8 heteroatoms. The SMILES string of the molecule is CCOC(=O)CCc1ccc(NC(=O)c2c(Cl)cncc2Cl)cn1. The van der Waals surface area contributed by atoms with E-state index in [9.17, 15) is 9.59 Å². The topological polar surface area (TPSA) is 81.2 Å². The van der Waals surface area contributed by atoms with Crippen LogP contribution in [0, 0.1) is 0 Å². The van der Waals surface area contributed by atoms with Crippen molar-refractivity contribution in [2.45, 2.75) is 19.8 Å². The van der Waals surface area contributed by atoms with Crippen LogP contribution in [0.4, 0.5) is 5.69 Å². The molecule has 2 aromatic heterocycles. The van der Waals surface area contributed by atoms with Gasteiger partial charge in [-0.1, -0.05) is 23.2 Å². The second-order valence-electron chi connectivity index (χ2n) is 4.78. The first-order valence-electron chi connectivity index (χ1n) is 7.22. The zero-order valence-electron chi connectivity index (χ0n) is 12.9. The highest BCUT2D eigenvalue weighted by Gasteiger charge is 2.15. The molecule has 2 heterocycles. The molecular formula is C16H15Cl2N3O3. The van der Waals surface area contributed by atoms with Crippen LogP contribution in [0.2, 0.25) is 10.0 Å². The second-order valence-corrected chi connectivity index (χ2v) is 5.59. The van der Waals surface area contributed by atoms with Gasteiger partial charge in [0.2, 0.25) is 0 Å². The molecule has 24 heavy (non-hydrogen) atoms. The third-order valence-electron chi connectivity index (χ3n) is 3.05. The Labute approximate surface area is 149 Å². The molecule has 0 aliphatic rings. The van der Waals surface area contributed by atoms with Crippen LogP contribution in [0.5, 0.6) is 0 Å². The number of pyridine rings is 2. The number of esters is 1. The van der Waals surface area contributed by atoms with Crippen molar-refractivity contribution in [2.75, 3.05) is 11.9 Å². The summed E-state index contributed by atoms with van der Waals surface area (Å²) in [5.41, 5.74) is 1.37. The van der Waals surface area contributed by atoms with Gasteiger partial charge in [-0.3, -0.25) is 19.6 Å². The molecule has 2 rings (SSSR count). The maximum absolute atomic E-state index is 12.2. The first kappa shape index (κ1) is 18.2. The van der Waals surface area contributed by atoms with Crippen LogP contribution in [0.3, 0.4) is 0 Å². The molecule has 2 aromatic rings. The molecule has 0 radical (unpaired) electrons. The predicted molar refractivity (Wildman–Crippen MR) is 91.4 cm³/mol. The standard InChI is InChI=1S/C16H15Cl2N3O3/c1-2-24-14(22)6-5-10-3-4-11(7-20-10)21-16(23)15-12(17)8-19-9-13(15)18/h3-4,7-9H,2,5-6H2,1H3,(H,21,23). The van der Waals surface area contributed by atoms with Gasteiger partial charge < -0.3 is 10.1 Å². The van der Waals surface area contributed by atoms with E-state index in [0.717, 1.165) is 5.69 Å². The number of carbonyl (C=O) groups is 2. The van der Waals surface area contributed by atoms with Crippen LogP contribution in [-0.2, 0) is 16.0 Å². The lowest BCUT2D eigenvalue weighted by Gasteiger charge is -2.08. The normalized spacial score (nSPS) is 10.3. The molecule has 0 aromatic carbocycles. The lowest BCUT2D eigenvalue weighted by Crippen LogP contribution is -2.13. The maximum Gasteiger partial charge on any atom is 0.306 e. The Hall–Kier alpha value is -2.18. The Balaban J connectivity index is 1.99. The van der Waals surface area contributed by atoms with Crippen LogP contribution >= 0.6 is 23.2 Å². The molecule has 0 atom stereocenters. The van der Waals surface area contributed by atoms with Crippen LogP contribution in [0.15, 0.2) is 30.7 Å². The lowest BCUT2D eigenvalue weighted by atomic mass is 10.2. The molecule has 0 saturated carbocycles. The van der Waals surface area contributed by atoms with Gasteiger partial charge in [-0.25, -0.2) is 0 Å². The quantitative estimate of drug-likeness (QED) is 0.789. The van der Waals surface area contributed by atoms with Crippen molar-refractivity contribution < 1.29 is 14.3 Å². The third-order valence-corrected chi connectivity index (χ3v) is 3.63. The fourth-order valence-electron chi connectivity index (χ4n) is 1.93. The summed E-state index contributed by atoms with van der Waals surface area (Å²) in [7, 11) is 0. The minimum absolute atomic E-state index is 0.153. The van der Waals surface area contributed by atoms with Crippen molar-refractivity contribution in [1.29, 1.82) is 0 Å². The van der Waals surface area contributed by atoms with Crippen molar-refractivity contribution in [3.8, 4) is 0 Å². The summed E-state index contributed by atoms with van der Waals surface area (Å²) in [6.45, 7) is 2.12. The molecule has 0 bridgehead atoms. The Morgan fingerprint density at radius 3 is 2.46 bits per heavy atom. The van der Waals surface area contributed by atoms with E-state index in [4.69, 9.17) is 27.9 Å². The van der Waals surface area contributed by atoms with E-state index in [1.165, 1.54) is 18.6 Å². The number of amides is 1. The summed E-state index contributed by atoms with van der Waals surface area (Å²) in [6.07, 6.45) is 4.92. The van der Waals surface area contributed by atoms with Crippen LogP contribution < -0.4 is 5.32 Å². The molecule has 6 nitrogen and oxygen atoms in total. The van der Waals surface area contributed by atoms with E-state index in [-0.39, 0.29) is 28.0 Å². The van der Waals surface area contributed by atoms with Gasteiger partial charge in [0, 0.05) is 24.5 Å². The summed E-state index contributed by atoms with van der Waals surface area (Å²) < 4.78 is 4.86. The highest BCUT2D eigenvalue weighted by atomic mass is 35.5. The monoisotopic (exact) mass is 367 g/mol. The molecule has 0 aliphatic carbocycles. The van der Waals surface area contributed by atoms with E-state index in [1.54, 1.807) is 19.1 Å².